The minimum Gasteiger partial charge on any atom is -0.370 e. The van der Waals surface area contributed by atoms with Crippen LogP contribution in [0.1, 0.15) is 41.3 Å². The van der Waals surface area contributed by atoms with Crippen molar-refractivity contribution in [3.8, 4) is 6.07 Å². The van der Waals surface area contributed by atoms with Crippen LogP contribution in [0.2, 0.25) is 0 Å². The minimum atomic E-state index is -4.57. The monoisotopic (exact) mass is 483 g/mol. The Balaban J connectivity index is 1.32. The average Bonchev–Trinajstić information content (AvgIpc) is 3.27. The van der Waals surface area contributed by atoms with E-state index in [9.17, 15) is 23.2 Å². The number of halogens is 3. The summed E-state index contributed by atoms with van der Waals surface area (Å²) in [7, 11) is 0. The fraction of sp³-hybridized carbons (Fsp3) is 0.458. The molecule has 1 aromatic carbocycles. The Morgan fingerprint density at radius 2 is 1.86 bits per heavy atom. The number of rotatable bonds is 2. The smallest absolute Gasteiger partial charge is 0.370 e. The van der Waals surface area contributed by atoms with E-state index in [4.69, 9.17) is 0 Å². The van der Waals surface area contributed by atoms with Crippen molar-refractivity contribution >= 4 is 22.5 Å². The molecule has 5 rings (SSSR count). The lowest BCUT2D eigenvalue weighted by Crippen LogP contribution is -2.45. The fourth-order valence-corrected chi connectivity index (χ4v) is 5.11. The molecule has 0 saturated carbocycles. The molecule has 0 bridgehead atoms. The Morgan fingerprint density at radius 1 is 1.11 bits per heavy atom. The minimum absolute atomic E-state index is 0.0220. The van der Waals surface area contributed by atoms with Gasteiger partial charge in [-0.2, -0.15) is 18.4 Å². The zero-order valence-corrected chi connectivity index (χ0v) is 19.4. The Morgan fingerprint density at radius 3 is 2.54 bits per heavy atom. The number of aromatic nitrogens is 4. The summed E-state index contributed by atoms with van der Waals surface area (Å²) in [5.74, 6) is -1.16. The molecule has 2 aromatic heterocycles. The number of hydrogen-bond acceptors (Lipinski definition) is 6. The maximum atomic E-state index is 13.2. The highest BCUT2D eigenvalue weighted by atomic mass is 19.4. The first-order valence-corrected chi connectivity index (χ1v) is 11.5. The number of anilines is 1. The summed E-state index contributed by atoms with van der Waals surface area (Å²) >= 11 is 0. The average molecular weight is 483 g/mol. The third kappa shape index (κ3) is 4.07. The van der Waals surface area contributed by atoms with Gasteiger partial charge in [0.2, 0.25) is 11.7 Å². The summed E-state index contributed by atoms with van der Waals surface area (Å²) in [6.45, 7) is 5.26. The maximum absolute atomic E-state index is 13.2. The Labute approximate surface area is 200 Å². The fourth-order valence-electron chi connectivity index (χ4n) is 5.11. The molecule has 1 saturated heterocycles. The van der Waals surface area contributed by atoms with Gasteiger partial charge in [-0.1, -0.05) is 11.6 Å². The third-order valence-electron chi connectivity index (χ3n) is 6.88. The van der Waals surface area contributed by atoms with Gasteiger partial charge in [0.25, 0.3) is 0 Å². The van der Waals surface area contributed by atoms with E-state index >= 15 is 0 Å². The van der Waals surface area contributed by atoms with Crippen molar-refractivity contribution in [2.24, 2.45) is 5.92 Å². The highest BCUT2D eigenvalue weighted by Crippen LogP contribution is 2.35. The molecule has 0 atom stereocenters. The maximum Gasteiger partial charge on any atom is 0.451 e. The van der Waals surface area contributed by atoms with Gasteiger partial charge in [-0.05, 0) is 38.8 Å². The van der Waals surface area contributed by atoms with E-state index in [0.717, 1.165) is 26.7 Å². The van der Waals surface area contributed by atoms with Crippen molar-refractivity contribution in [3.63, 3.8) is 0 Å². The lowest BCUT2D eigenvalue weighted by molar-refractivity contribution is -0.148. The number of alkyl halides is 3. The molecule has 0 radical (unpaired) electrons. The molecule has 2 aliphatic heterocycles. The van der Waals surface area contributed by atoms with E-state index in [1.807, 2.05) is 32.0 Å². The number of pyridine rings is 1. The molecule has 4 heterocycles. The van der Waals surface area contributed by atoms with Gasteiger partial charge >= 0.3 is 6.18 Å². The molecular weight excluding hydrogens is 459 g/mol. The van der Waals surface area contributed by atoms with E-state index in [2.05, 4.69) is 26.2 Å². The van der Waals surface area contributed by atoms with Crippen LogP contribution >= 0.6 is 0 Å². The predicted octanol–water partition coefficient (Wildman–Crippen LogP) is 3.59. The lowest BCUT2D eigenvalue weighted by Gasteiger charge is -2.37. The zero-order valence-electron chi connectivity index (χ0n) is 19.4. The Hall–Kier alpha value is -3.68. The molecule has 0 aliphatic carbocycles. The summed E-state index contributed by atoms with van der Waals surface area (Å²) in [5, 5.41) is 17.7. The number of carbonyl (C=O) groups is 1. The second kappa shape index (κ2) is 8.52. The molecule has 35 heavy (non-hydrogen) atoms. The first-order chi connectivity index (χ1) is 16.7. The van der Waals surface area contributed by atoms with Crippen LogP contribution in [0.15, 0.2) is 18.2 Å². The SMILES string of the molecule is Cc1ccc2nc(C)c(C#N)c(N3CCC(C(=O)N4CCn5c(nnc5C(F)(F)F)C4)CC3)c2c1. The normalized spacial score (nSPS) is 16.9. The van der Waals surface area contributed by atoms with Gasteiger partial charge < -0.3 is 14.4 Å². The van der Waals surface area contributed by atoms with Gasteiger partial charge in [-0.3, -0.25) is 9.78 Å². The van der Waals surface area contributed by atoms with Crippen LogP contribution in [0.4, 0.5) is 18.9 Å². The lowest BCUT2D eigenvalue weighted by atomic mass is 9.93. The van der Waals surface area contributed by atoms with Crippen molar-refractivity contribution < 1.29 is 18.0 Å². The van der Waals surface area contributed by atoms with Crippen LogP contribution in [-0.2, 0) is 24.1 Å². The second-order valence-electron chi connectivity index (χ2n) is 9.16. The first kappa shape index (κ1) is 23.1. The number of amides is 1. The van der Waals surface area contributed by atoms with Crippen molar-refractivity contribution in [1.29, 1.82) is 5.26 Å². The second-order valence-corrected chi connectivity index (χ2v) is 9.16. The van der Waals surface area contributed by atoms with Crippen LogP contribution in [-0.4, -0.2) is 50.2 Å². The molecule has 1 amide bonds. The summed E-state index contributed by atoms with van der Waals surface area (Å²) in [6.07, 6.45) is -3.38. The van der Waals surface area contributed by atoms with E-state index in [1.165, 1.54) is 0 Å². The summed E-state index contributed by atoms with van der Waals surface area (Å²) in [4.78, 5) is 21.5. The van der Waals surface area contributed by atoms with Crippen molar-refractivity contribution in [2.75, 3.05) is 24.5 Å². The predicted molar refractivity (Wildman–Crippen MR) is 121 cm³/mol. The molecule has 0 N–H and O–H groups in total. The molecular formula is C24H24F3N7O. The standard InChI is InChI=1S/C24H24F3N7O/c1-14-3-4-19-17(11-14)21(18(12-28)15(2)29-19)32-7-5-16(6-8-32)22(35)33-9-10-34-20(13-33)30-31-23(34)24(25,26)27/h3-4,11,16H,5-10,13H2,1-2H3. The van der Waals surface area contributed by atoms with Crippen LogP contribution in [0, 0.1) is 31.1 Å². The topological polar surface area (TPSA) is 90.9 Å². The number of nitriles is 1. The van der Waals surface area contributed by atoms with Crippen LogP contribution in [0.5, 0.6) is 0 Å². The van der Waals surface area contributed by atoms with Crippen LogP contribution < -0.4 is 4.90 Å². The number of hydrogen-bond donors (Lipinski definition) is 0. The summed E-state index contributed by atoms with van der Waals surface area (Å²) in [6, 6.07) is 8.29. The Kier molecular flexibility index (Phi) is 5.62. The van der Waals surface area contributed by atoms with Gasteiger partial charge in [0.1, 0.15) is 6.07 Å². The quantitative estimate of drug-likeness (QED) is 0.553. The molecule has 182 valence electrons. The summed E-state index contributed by atoms with van der Waals surface area (Å²) < 4.78 is 40.3. The number of piperidine rings is 1. The first-order valence-electron chi connectivity index (χ1n) is 11.5. The van der Waals surface area contributed by atoms with Gasteiger partial charge in [0.05, 0.1) is 29.0 Å². The number of aryl methyl sites for hydroxylation is 2. The highest BCUT2D eigenvalue weighted by Gasteiger charge is 2.40. The van der Waals surface area contributed by atoms with Crippen LogP contribution in [0.25, 0.3) is 10.9 Å². The van der Waals surface area contributed by atoms with Gasteiger partial charge in [0, 0.05) is 37.5 Å². The number of carbonyl (C=O) groups excluding carboxylic acids is 1. The molecule has 0 spiro atoms. The number of benzene rings is 1. The molecule has 2 aliphatic rings. The van der Waals surface area contributed by atoms with E-state index in [-0.39, 0.29) is 37.3 Å². The largest absolute Gasteiger partial charge is 0.451 e. The van der Waals surface area contributed by atoms with Gasteiger partial charge in [-0.15, -0.1) is 10.2 Å². The van der Waals surface area contributed by atoms with Crippen molar-refractivity contribution in [3.05, 3.63) is 46.7 Å². The number of nitrogens with zero attached hydrogens (tertiary/aromatic N) is 7. The van der Waals surface area contributed by atoms with Crippen molar-refractivity contribution in [1.82, 2.24) is 24.6 Å². The number of fused-ring (bicyclic) bond motifs is 2. The molecule has 8 nitrogen and oxygen atoms in total. The molecule has 11 heteroatoms. The van der Waals surface area contributed by atoms with E-state index in [0.29, 0.717) is 37.2 Å². The zero-order chi connectivity index (χ0) is 24.9. The van der Waals surface area contributed by atoms with E-state index in [1.54, 1.807) is 4.90 Å². The van der Waals surface area contributed by atoms with Gasteiger partial charge in [-0.25, -0.2) is 0 Å². The molecule has 3 aromatic rings. The third-order valence-corrected chi connectivity index (χ3v) is 6.88. The Bertz CT molecular complexity index is 1350. The van der Waals surface area contributed by atoms with Gasteiger partial charge in [0.15, 0.2) is 5.82 Å². The van der Waals surface area contributed by atoms with Crippen molar-refractivity contribution in [2.45, 2.75) is 46.0 Å². The van der Waals surface area contributed by atoms with E-state index < -0.39 is 12.0 Å². The molecule has 0 unspecified atom stereocenters. The molecule has 1 fully saturated rings. The van der Waals surface area contributed by atoms with Crippen LogP contribution in [0.3, 0.4) is 0 Å². The highest BCUT2D eigenvalue weighted by molar-refractivity contribution is 5.96. The summed E-state index contributed by atoms with van der Waals surface area (Å²) in [5.41, 5.74) is 3.98.